The number of nitrogens with one attached hydrogen (secondary N) is 1. The Bertz CT molecular complexity index is 901. The number of ether oxygens (including phenoxy) is 2. The summed E-state index contributed by atoms with van der Waals surface area (Å²) < 4.78 is 73.4. The van der Waals surface area contributed by atoms with Crippen LogP contribution in [0, 0.1) is 0 Å². The molecule has 1 N–H and O–H groups in total. The number of methoxy groups -OCH3 is 2. The van der Waals surface area contributed by atoms with Gasteiger partial charge < -0.3 is 9.47 Å². The number of nitrogens with zero attached hydrogens (tertiary/aromatic N) is 2. The maximum atomic E-state index is 12.8. The van der Waals surface area contributed by atoms with Crippen molar-refractivity contribution in [1.82, 2.24) is 9.97 Å². The van der Waals surface area contributed by atoms with Crippen LogP contribution >= 0.6 is 11.8 Å². The zero-order valence-electron chi connectivity index (χ0n) is 15.1. The van der Waals surface area contributed by atoms with Crippen molar-refractivity contribution in [3.8, 4) is 11.8 Å². The summed E-state index contributed by atoms with van der Waals surface area (Å²) in [6, 6.07) is 7.23. The highest BCUT2D eigenvalue weighted by Crippen LogP contribution is 2.40. The molecule has 2 aromatic rings. The quantitative estimate of drug-likeness (QED) is 0.675. The molecule has 1 aromatic carbocycles. The monoisotopic (exact) mass is 437 g/mol. The second kappa shape index (κ2) is 8.86. The maximum absolute atomic E-state index is 12.8. The number of aromatic nitrogens is 2. The Kier molecular flexibility index (Phi) is 6.99. The van der Waals surface area contributed by atoms with Crippen molar-refractivity contribution < 1.29 is 31.1 Å². The first kappa shape index (κ1) is 22.1. The summed E-state index contributed by atoms with van der Waals surface area (Å²) in [7, 11) is -2.78. The number of benzene rings is 1. The van der Waals surface area contributed by atoms with Crippen LogP contribution in [0.1, 0.15) is 23.6 Å². The minimum atomic E-state index is -5.58. The molecule has 1 atom stereocenters. The molecule has 0 aliphatic rings. The van der Waals surface area contributed by atoms with Crippen LogP contribution in [-0.4, -0.2) is 43.9 Å². The van der Waals surface area contributed by atoms with E-state index < -0.39 is 20.8 Å². The fourth-order valence-electron chi connectivity index (χ4n) is 2.24. The summed E-state index contributed by atoms with van der Waals surface area (Å²) in [6.07, 6.45) is 0. The van der Waals surface area contributed by atoms with Crippen LogP contribution in [-0.2, 0) is 10.0 Å². The lowest BCUT2D eigenvalue weighted by molar-refractivity contribution is -0.0429. The van der Waals surface area contributed by atoms with Gasteiger partial charge in [-0.25, -0.2) is 0 Å². The zero-order valence-corrected chi connectivity index (χ0v) is 16.8. The highest BCUT2D eigenvalue weighted by Gasteiger charge is 2.46. The fourth-order valence-corrected chi connectivity index (χ4v) is 3.80. The topological polar surface area (TPSA) is 90.4 Å². The number of hydrogen-bond donors (Lipinski definition) is 1. The Morgan fingerprint density at radius 1 is 1.14 bits per heavy atom. The molecule has 1 unspecified atom stereocenters. The van der Waals surface area contributed by atoms with Crippen molar-refractivity contribution in [2.45, 2.75) is 17.7 Å². The van der Waals surface area contributed by atoms with Crippen molar-refractivity contribution in [3.63, 3.8) is 0 Å². The lowest BCUT2D eigenvalue weighted by atomic mass is 10.1. The van der Waals surface area contributed by atoms with Gasteiger partial charge in [0.15, 0.2) is 5.82 Å². The van der Waals surface area contributed by atoms with E-state index in [0.717, 1.165) is 0 Å². The highest BCUT2D eigenvalue weighted by atomic mass is 32.2. The zero-order chi connectivity index (χ0) is 20.9. The van der Waals surface area contributed by atoms with Crippen molar-refractivity contribution in [2.24, 2.45) is 0 Å². The van der Waals surface area contributed by atoms with E-state index in [9.17, 15) is 21.6 Å². The van der Waals surface area contributed by atoms with Gasteiger partial charge in [-0.15, -0.1) is 11.8 Å². The second-order valence-electron chi connectivity index (χ2n) is 5.28. The maximum Gasteiger partial charge on any atom is 0.516 e. The molecule has 2 rings (SSSR count). The molecule has 0 radical (unpaired) electrons. The van der Waals surface area contributed by atoms with Gasteiger partial charge in [0, 0.05) is 0 Å². The smallest absolute Gasteiger partial charge is 0.481 e. The Hall–Kier alpha value is -2.21. The van der Waals surface area contributed by atoms with Gasteiger partial charge in [-0.2, -0.15) is 31.6 Å². The molecule has 1 aromatic heterocycles. The molecule has 0 fully saturated rings. The highest BCUT2D eigenvalue weighted by molar-refractivity contribution is 7.99. The lowest BCUT2D eigenvalue weighted by Gasteiger charge is -2.20. The molecule has 0 spiro atoms. The van der Waals surface area contributed by atoms with Crippen LogP contribution < -0.4 is 14.2 Å². The van der Waals surface area contributed by atoms with Crippen LogP contribution in [0.2, 0.25) is 0 Å². The molecule has 1 heterocycles. The van der Waals surface area contributed by atoms with E-state index in [4.69, 9.17) is 9.47 Å². The van der Waals surface area contributed by atoms with Gasteiger partial charge in [0.1, 0.15) is 0 Å². The minimum absolute atomic E-state index is 0.205. The molecule has 0 saturated carbocycles. The van der Waals surface area contributed by atoms with Crippen molar-refractivity contribution in [2.75, 3.05) is 24.7 Å². The number of anilines is 1. The van der Waals surface area contributed by atoms with Gasteiger partial charge in [0.2, 0.25) is 11.8 Å². The number of sulfonamides is 1. The van der Waals surface area contributed by atoms with Crippen LogP contribution in [0.4, 0.5) is 18.9 Å². The Labute approximate surface area is 164 Å². The second-order valence-corrected chi connectivity index (χ2v) is 8.34. The average molecular weight is 437 g/mol. The summed E-state index contributed by atoms with van der Waals surface area (Å²) in [5, 5.41) is -0.666. The molecule has 0 amide bonds. The van der Waals surface area contributed by atoms with E-state index in [-0.39, 0.29) is 28.8 Å². The molecular formula is C16H18F3N3O4S2. The lowest BCUT2D eigenvalue weighted by Crippen LogP contribution is -2.30. The van der Waals surface area contributed by atoms with E-state index in [2.05, 4.69) is 9.97 Å². The first-order valence-electron chi connectivity index (χ1n) is 7.89. The predicted molar refractivity (Wildman–Crippen MR) is 100 cm³/mol. The fraction of sp³-hybridized carbons (Fsp3) is 0.375. The predicted octanol–water partition coefficient (Wildman–Crippen LogP) is 3.60. The number of rotatable bonds is 8. The molecule has 12 heteroatoms. The number of hydrogen-bond acceptors (Lipinski definition) is 7. The third kappa shape index (κ3) is 4.98. The molecule has 154 valence electrons. The Morgan fingerprint density at radius 2 is 1.71 bits per heavy atom. The summed E-state index contributed by atoms with van der Waals surface area (Å²) in [5.74, 6) is 1.18. The van der Waals surface area contributed by atoms with Gasteiger partial charge in [-0.3, -0.25) is 4.72 Å². The van der Waals surface area contributed by atoms with Crippen LogP contribution in [0.5, 0.6) is 11.8 Å². The van der Waals surface area contributed by atoms with Crippen molar-refractivity contribution in [1.29, 1.82) is 0 Å². The summed E-state index contributed by atoms with van der Waals surface area (Å²) in [5.41, 5.74) is -5.38. The van der Waals surface area contributed by atoms with Gasteiger partial charge in [0.25, 0.3) is 0 Å². The Balaban J connectivity index is 2.57. The summed E-state index contributed by atoms with van der Waals surface area (Å²) >= 11 is 1.32. The van der Waals surface area contributed by atoms with E-state index in [0.29, 0.717) is 5.75 Å². The number of halogens is 3. The number of thioether (sulfide) groups is 1. The molecule has 7 nitrogen and oxygen atoms in total. The largest absolute Gasteiger partial charge is 0.516 e. The minimum Gasteiger partial charge on any atom is -0.481 e. The van der Waals surface area contributed by atoms with Crippen molar-refractivity contribution >= 4 is 27.5 Å². The third-order valence-electron chi connectivity index (χ3n) is 3.47. The number of alkyl halides is 3. The molecule has 28 heavy (non-hydrogen) atoms. The Morgan fingerprint density at radius 3 is 2.21 bits per heavy atom. The van der Waals surface area contributed by atoms with Gasteiger partial charge in [-0.05, 0) is 17.4 Å². The van der Waals surface area contributed by atoms with Gasteiger partial charge in [0.05, 0.1) is 31.2 Å². The average Bonchev–Trinajstić information content (AvgIpc) is 2.65. The van der Waals surface area contributed by atoms with Crippen molar-refractivity contribution in [3.05, 3.63) is 41.7 Å². The first-order valence-corrected chi connectivity index (χ1v) is 10.4. The van der Waals surface area contributed by atoms with Crippen LogP contribution in [0.3, 0.4) is 0 Å². The summed E-state index contributed by atoms with van der Waals surface area (Å²) in [4.78, 5) is 8.50. The molecule has 0 aliphatic carbocycles. The SMILES string of the molecule is CCSC(c1nc(OC)cc(OC)n1)c1ccccc1NS(=O)(=O)C(F)(F)F. The first-order chi connectivity index (χ1) is 13.1. The third-order valence-corrected chi connectivity index (χ3v) is 5.70. The number of para-hydroxylation sites is 1. The van der Waals surface area contributed by atoms with Gasteiger partial charge in [-0.1, -0.05) is 25.1 Å². The molecule has 0 saturated heterocycles. The summed E-state index contributed by atoms with van der Waals surface area (Å²) in [6.45, 7) is 1.84. The molecule has 0 aliphatic heterocycles. The molecular weight excluding hydrogens is 419 g/mol. The van der Waals surface area contributed by atoms with E-state index in [1.165, 1.54) is 50.2 Å². The standard InChI is InChI=1S/C16H18F3N3O4S2/c1-4-27-14(15-20-12(25-2)9-13(21-15)26-3)10-7-5-6-8-11(10)22-28(23,24)16(17,18)19/h5-9,14,22H,4H2,1-3H3. The normalized spacial score (nSPS) is 13.1. The van der Waals surface area contributed by atoms with Crippen LogP contribution in [0.25, 0.3) is 0 Å². The van der Waals surface area contributed by atoms with Gasteiger partial charge >= 0.3 is 15.5 Å². The van der Waals surface area contributed by atoms with E-state index in [1.807, 2.05) is 6.92 Å². The molecule has 0 bridgehead atoms. The van der Waals surface area contributed by atoms with E-state index >= 15 is 0 Å². The van der Waals surface area contributed by atoms with Crippen LogP contribution in [0.15, 0.2) is 30.3 Å². The van der Waals surface area contributed by atoms with E-state index in [1.54, 1.807) is 10.8 Å².